The molecule has 1 atom stereocenters. The lowest BCUT2D eigenvalue weighted by Gasteiger charge is -2.14. The maximum Gasteiger partial charge on any atom is 0.223 e. The van der Waals surface area contributed by atoms with Gasteiger partial charge in [0.15, 0.2) is 0 Å². The maximum absolute atomic E-state index is 11.3. The first kappa shape index (κ1) is 11.4. The lowest BCUT2D eigenvalue weighted by molar-refractivity contribution is -0.125. The summed E-state index contributed by atoms with van der Waals surface area (Å²) in [5, 5.41) is 2.66. The van der Waals surface area contributed by atoms with Crippen molar-refractivity contribution < 1.29 is 4.79 Å². The number of amides is 1. The molecule has 0 aromatic rings. The van der Waals surface area contributed by atoms with Crippen molar-refractivity contribution in [3.8, 4) is 0 Å². The highest BCUT2D eigenvalue weighted by molar-refractivity contribution is 7.80. The average molecular weight is 188 g/mol. The minimum Gasteiger partial charge on any atom is -0.392 e. The van der Waals surface area contributed by atoms with Crippen LogP contribution in [0.4, 0.5) is 0 Å². The van der Waals surface area contributed by atoms with Crippen molar-refractivity contribution >= 4 is 23.1 Å². The number of hydrogen-bond acceptors (Lipinski definition) is 2. The van der Waals surface area contributed by atoms with Gasteiger partial charge < -0.3 is 11.1 Å². The summed E-state index contributed by atoms with van der Waals surface area (Å²) in [7, 11) is 0. The predicted octanol–water partition coefficient (Wildman–Crippen LogP) is 0.681. The van der Waals surface area contributed by atoms with Gasteiger partial charge in [0.25, 0.3) is 0 Å². The zero-order valence-electron chi connectivity index (χ0n) is 7.76. The summed E-state index contributed by atoms with van der Waals surface area (Å²) in [6.07, 6.45) is 0. The van der Waals surface area contributed by atoms with E-state index in [1.165, 1.54) is 0 Å². The summed E-state index contributed by atoms with van der Waals surface area (Å²) < 4.78 is 0. The Morgan fingerprint density at radius 2 is 2.00 bits per heavy atom. The number of thiocarbonyl (C=S) groups is 1. The first-order chi connectivity index (χ1) is 5.45. The predicted molar refractivity (Wildman–Crippen MR) is 53.8 cm³/mol. The van der Waals surface area contributed by atoms with Gasteiger partial charge in [0.2, 0.25) is 5.91 Å². The van der Waals surface area contributed by atoms with E-state index >= 15 is 0 Å². The standard InChI is InChI=1S/C8H16N2OS/c1-5(2)6(3)8(11)10-4-7(9)12/h5-6H,4H2,1-3H3,(H2,9,12)(H,10,11). The molecule has 1 amide bonds. The summed E-state index contributed by atoms with van der Waals surface area (Å²) >= 11 is 4.63. The highest BCUT2D eigenvalue weighted by Crippen LogP contribution is 2.08. The Hall–Kier alpha value is -0.640. The van der Waals surface area contributed by atoms with Crippen molar-refractivity contribution in [1.82, 2.24) is 5.32 Å². The van der Waals surface area contributed by atoms with E-state index in [0.717, 1.165) is 0 Å². The third-order valence-electron chi connectivity index (χ3n) is 1.85. The van der Waals surface area contributed by atoms with Crippen LogP contribution in [0.1, 0.15) is 20.8 Å². The van der Waals surface area contributed by atoms with Crippen molar-refractivity contribution in [3.05, 3.63) is 0 Å². The zero-order chi connectivity index (χ0) is 9.72. The largest absolute Gasteiger partial charge is 0.392 e. The highest BCUT2D eigenvalue weighted by atomic mass is 32.1. The van der Waals surface area contributed by atoms with Crippen molar-refractivity contribution in [2.24, 2.45) is 17.6 Å². The van der Waals surface area contributed by atoms with Gasteiger partial charge in [0.1, 0.15) is 0 Å². The van der Waals surface area contributed by atoms with Crippen LogP contribution >= 0.6 is 12.2 Å². The van der Waals surface area contributed by atoms with Crippen molar-refractivity contribution in [3.63, 3.8) is 0 Å². The molecule has 0 rings (SSSR count). The topological polar surface area (TPSA) is 55.1 Å². The van der Waals surface area contributed by atoms with E-state index < -0.39 is 0 Å². The van der Waals surface area contributed by atoms with E-state index in [4.69, 9.17) is 5.73 Å². The molecule has 0 saturated heterocycles. The van der Waals surface area contributed by atoms with Crippen molar-refractivity contribution in [1.29, 1.82) is 0 Å². The van der Waals surface area contributed by atoms with Crippen LogP contribution in [0, 0.1) is 11.8 Å². The van der Waals surface area contributed by atoms with Gasteiger partial charge in [0, 0.05) is 5.92 Å². The van der Waals surface area contributed by atoms with Gasteiger partial charge in [-0.05, 0) is 5.92 Å². The number of rotatable bonds is 4. The molecule has 0 aliphatic carbocycles. The Bertz CT molecular complexity index is 180. The van der Waals surface area contributed by atoms with Crippen molar-refractivity contribution in [2.75, 3.05) is 6.54 Å². The molecular formula is C8H16N2OS. The Morgan fingerprint density at radius 3 is 2.33 bits per heavy atom. The minimum atomic E-state index is 0.0119. The van der Waals surface area contributed by atoms with Crippen LogP contribution in [0.15, 0.2) is 0 Å². The summed E-state index contributed by atoms with van der Waals surface area (Å²) in [6, 6.07) is 0. The second-order valence-corrected chi connectivity index (χ2v) is 3.74. The fourth-order valence-corrected chi connectivity index (χ4v) is 0.710. The summed E-state index contributed by atoms with van der Waals surface area (Å²) in [5.74, 6) is 0.369. The SMILES string of the molecule is CC(C)C(C)C(=O)NCC(N)=S. The smallest absolute Gasteiger partial charge is 0.223 e. The molecule has 0 radical (unpaired) electrons. The molecule has 12 heavy (non-hydrogen) atoms. The molecule has 0 bridgehead atoms. The van der Waals surface area contributed by atoms with E-state index in [-0.39, 0.29) is 11.8 Å². The van der Waals surface area contributed by atoms with Gasteiger partial charge in [-0.3, -0.25) is 4.79 Å². The number of carbonyl (C=O) groups is 1. The first-order valence-electron chi connectivity index (χ1n) is 4.01. The maximum atomic E-state index is 11.3. The molecule has 0 heterocycles. The molecule has 0 aromatic heterocycles. The Balaban J connectivity index is 3.80. The molecule has 0 aliphatic rings. The number of hydrogen-bond donors (Lipinski definition) is 2. The molecule has 0 aromatic carbocycles. The van der Waals surface area contributed by atoms with Gasteiger partial charge >= 0.3 is 0 Å². The number of nitrogens with one attached hydrogen (secondary N) is 1. The molecule has 0 saturated carbocycles. The number of nitrogens with two attached hydrogens (primary N) is 1. The summed E-state index contributed by atoms with van der Waals surface area (Å²) in [5.41, 5.74) is 5.23. The second kappa shape index (κ2) is 5.09. The van der Waals surface area contributed by atoms with Crippen molar-refractivity contribution in [2.45, 2.75) is 20.8 Å². The van der Waals surface area contributed by atoms with Gasteiger partial charge in [-0.15, -0.1) is 0 Å². The van der Waals surface area contributed by atoms with E-state index in [9.17, 15) is 4.79 Å². The van der Waals surface area contributed by atoms with Gasteiger partial charge in [-0.25, -0.2) is 0 Å². The van der Waals surface area contributed by atoms with E-state index in [1.807, 2.05) is 20.8 Å². The quantitative estimate of drug-likeness (QED) is 0.638. The summed E-state index contributed by atoms with van der Waals surface area (Å²) in [6.45, 7) is 6.20. The molecule has 1 unspecified atom stereocenters. The van der Waals surface area contributed by atoms with Crippen LogP contribution in [0.5, 0.6) is 0 Å². The molecule has 4 heteroatoms. The van der Waals surface area contributed by atoms with Gasteiger partial charge in [0.05, 0.1) is 11.5 Å². The Labute approximate surface area is 78.7 Å². The van der Waals surface area contributed by atoms with E-state index in [2.05, 4.69) is 17.5 Å². The lowest BCUT2D eigenvalue weighted by Crippen LogP contribution is -2.37. The van der Waals surface area contributed by atoms with Gasteiger partial charge in [-0.2, -0.15) is 0 Å². The monoisotopic (exact) mass is 188 g/mol. The fraction of sp³-hybridized carbons (Fsp3) is 0.750. The average Bonchev–Trinajstić information content (AvgIpc) is 1.98. The van der Waals surface area contributed by atoms with Crippen LogP contribution in [0.3, 0.4) is 0 Å². The molecular weight excluding hydrogens is 172 g/mol. The molecule has 0 fully saturated rings. The van der Waals surface area contributed by atoms with Gasteiger partial charge in [-0.1, -0.05) is 33.0 Å². The van der Waals surface area contributed by atoms with Crippen LogP contribution < -0.4 is 11.1 Å². The minimum absolute atomic E-state index is 0.0119. The lowest BCUT2D eigenvalue weighted by atomic mass is 9.97. The van der Waals surface area contributed by atoms with Crippen LogP contribution in [-0.2, 0) is 4.79 Å². The second-order valence-electron chi connectivity index (χ2n) is 3.22. The molecule has 3 nitrogen and oxygen atoms in total. The van der Waals surface area contributed by atoms with E-state index in [0.29, 0.717) is 17.5 Å². The first-order valence-corrected chi connectivity index (χ1v) is 4.42. The Kier molecular flexibility index (Phi) is 4.81. The van der Waals surface area contributed by atoms with Crippen LogP contribution in [-0.4, -0.2) is 17.4 Å². The van der Waals surface area contributed by atoms with Crippen LogP contribution in [0.25, 0.3) is 0 Å². The molecule has 70 valence electrons. The zero-order valence-corrected chi connectivity index (χ0v) is 8.57. The molecule has 0 spiro atoms. The summed E-state index contributed by atoms with van der Waals surface area (Å²) in [4.78, 5) is 11.6. The van der Waals surface area contributed by atoms with E-state index in [1.54, 1.807) is 0 Å². The molecule has 3 N–H and O–H groups in total. The number of carbonyl (C=O) groups excluding carboxylic acids is 1. The normalized spacial score (nSPS) is 12.7. The fourth-order valence-electron chi connectivity index (χ4n) is 0.638. The molecule has 0 aliphatic heterocycles. The third kappa shape index (κ3) is 4.28. The third-order valence-corrected chi connectivity index (χ3v) is 1.99. The van der Waals surface area contributed by atoms with Crippen LogP contribution in [0.2, 0.25) is 0 Å². The Morgan fingerprint density at radius 1 is 1.50 bits per heavy atom. The highest BCUT2D eigenvalue weighted by Gasteiger charge is 2.15.